The van der Waals surface area contributed by atoms with E-state index in [9.17, 15) is 32.3 Å². The normalized spacial score (nSPS) is 15.9. The van der Waals surface area contributed by atoms with Crippen LogP contribution in [-0.2, 0) is 22.4 Å². The number of ether oxygens (including phenoxy) is 2. The van der Waals surface area contributed by atoms with E-state index in [1.54, 1.807) is 41.3 Å². The van der Waals surface area contributed by atoms with Crippen LogP contribution in [0, 0.1) is 0 Å². The number of rotatable bonds is 11. The Balaban J connectivity index is 0.000000207. The van der Waals surface area contributed by atoms with Gasteiger partial charge >= 0.3 is 6.36 Å². The minimum absolute atomic E-state index is 0.0635. The van der Waals surface area contributed by atoms with Crippen molar-refractivity contribution in [2.75, 3.05) is 13.1 Å². The molecule has 0 saturated carbocycles. The van der Waals surface area contributed by atoms with Crippen LogP contribution in [0.1, 0.15) is 96.6 Å². The van der Waals surface area contributed by atoms with Crippen molar-refractivity contribution in [3.8, 4) is 17.2 Å². The predicted octanol–water partition coefficient (Wildman–Crippen LogP) is 9.37. The van der Waals surface area contributed by atoms with Gasteiger partial charge in [0.1, 0.15) is 29.3 Å². The van der Waals surface area contributed by atoms with Crippen LogP contribution in [0.15, 0.2) is 127 Å². The molecule has 7 rings (SSSR count). The van der Waals surface area contributed by atoms with E-state index in [0.717, 1.165) is 22.6 Å². The van der Waals surface area contributed by atoms with Gasteiger partial charge in [0.15, 0.2) is 0 Å². The van der Waals surface area contributed by atoms with Gasteiger partial charge in [-0.1, -0.05) is 91.0 Å². The Labute approximate surface area is 360 Å². The fraction of sp³-hybridized carbons (Fsp3) is 0.306. The van der Waals surface area contributed by atoms with Gasteiger partial charge in [0.05, 0.1) is 0 Å². The monoisotopic (exact) mass is 848 g/mol. The van der Waals surface area contributed by atoms with E-state index < -0.39 is 24.0 Å². The summed E-state index contributed by atoms with van der Waals surface area (Å²) in [6, 6.07) is 35.9. The molecule has 0 bridgehead atoms. The summed E-state index contributed by atoms with van der Waals surface area (Å²) < 4.78 is 48.2. The van der Waals surface area contributed by atoms with E-state index in [1.165, 1.54) is 23.1 Å². The summed E-state index contributed by atoms with van der Waals surface area (Å²) in [5, 5.41) is 5.92. The molecule has 0 saturated heterocycles. The quantitative estimate of drug-likeness (QED) is 0.137. The van der Waals surface area contributed by atoms with E-state index in [0.29, 0.717) is 35.2 Å². The second kappa shape index (κ2) is 18.6. The van der Waals surface area contributed by atoms with Gasteiger partial charge in [0.25, 0.3) is 11.8 Å². The molecule has 0 spiro atoms. The van der Waals surface area contributed by atoms with Crippen LogP contribution >= 0.6 is 0 Å². The summed E-state index contributed by atoms with van der Waals surface area (Å²) in [6.07, 6.45) is -4.14. The van der Waals surface area contributed by atoms with E-state index in [1.807, 2.05) is 114 Å². The molecular weight excluding hydrogens is 798 g/mol. The second-order valence-electron chi connectivity index (χ2n) is 17.1. The van der Waals surface area contributed by atoms with Gasteiger partial charge in [-0.05, 0) is 113 Å². The summed E-state index contributed by atoms with van der Waals surface area (Å²) >= 11 is 0. The summed E-state index contributed by atoms with van der Waals surface area (Å²) in [5.41, 5.74) is 2.75. The van der Waals surface area contributed by atoms with Crippen molar-refractivity contribution in [1.82, 2.24) is 20.4 Å². The molecule has 2 heterocycles. The molecule has 2 atom stereocenters. The zero-order valence-corrected chi connectivity index (χ0v) is 35.6. The highest BCUT2D eigenvalue weighted by Crippen LogP contribution is 2.37. The third-order valence-electron chi connectivity index (χ3n) is 10.00. The standard InChI is InChI=1S/C27H28N2O3.C22H23F3N2O3/c1-27(2,3)28-25(30)24-21-14-8-9-15-22(21)26(31)29(24)18-17-19-11-7-10-16-23(19)32-20-12-5-4-6-13-20;1-21(2,3)26-19(28)18-15-9-5-6-10-16(15)20(29)27(18)13-12-14-8-4-7-11-17(14)30-22(23,24)25/h4-16,24H,17-18H2,1-3H3,(H,28,30);4-11,18H,12-13H2,1-3H3,(H,26,28). The first kappa shape index (κ1) is 44.9. The molecule has 0 aromatic heterocycles. The maximum Gasteiger partial charge on any atom is 0.573 e. The van der Waals surface area contributed by atoms with Gasteiger partial charge < -0.3 is 29.9 Å². The molecule has 4 amide bonds. The first-order chi connectivity index (χ1) is 29.3. The van der Waals surface area contributed by atoms with Crippen molar-refractivity contribution in [2.45, 2.75) is 83.9 Å². The average molecular weight is 849 g/mol. The molecule has 2 aliphatic heterocycles. The van der Waals surface area contributed by atoms with Crippen LogP contribution in [0.5, 0.6) is 17.2 Å². The Kier molecular flexibility index (Phi) is 13.4. The number of alkyl halides is 3. The van der Waals surface area contributed by atoms with Crippen molar-refractivity contribution in [1.29, 1.82) is 0 Å². The molecule has 5 aromatic rings. The molecule has 10 nitrogen and oxygen atoms in total. The number of carbonyl (C=O) groups is 4. The predicted molar refractivity (Wildman–Crippen MR) is 230 cm³/mol. The molecule has 2 N–H and O–H groups in total. The van der Waals surface area contributed by atoms with Crippen molar-refractivity contribution >= 4 is 23.6 Å². The zero-order chi connectivity index (χ0) is 44.8. The first-order valence-corrected chi connectivity index (χ1v) is 20.4. The number of halogens is 3. The number of nitrogens with one attached hydrogen (secondary N) is 2. The molecule has 2 unspecified atom stereocenters. The molecule has 62 heavy (non-hydrogen) atoms. The lowest BCUT2D eigenvalue weighted by Gasteiger charge is -2.29. The largest absolute Gasteiger partial charge is 0.573 e. The number of carbonyl (C=O) groups excluding carboxylic acids is 4. The lowest BCUT2D eigenvalue weighted by Crippen LogP contribution is -2.47. The maximum atomic E-state index is 13.2. The topological polar surface area (TPSA) is 117 Å². The molecule has 0 radical (unpaired) electrons. The molecule has 324 valence electrons. The van der Waals surface area contributed by atoms with Crippen molar-refractivity contribution in [2.24, 2.45) is 0 Å². The number of amides is 4. The summed E-state index contributed by atoms with van der Waals surface area (Å²) in [5.74, 6) is 0.255. The van der Waals surface area contributed by atoms with Gasteiger partial charge in [-0.25, -0.2) is 0 Å². The van der Waals surface area contributed by atoms with Crippen LogP contribution in [0.3, 0.4) is 0 Å². The average Bonchev–Trinajstić information content (AvgIpc) is 3.65. The summed E-state index contributed by atoms with van der Waals surface area (Å²) in [4.78, 5) is 55.3. The maximum absolute atomic E-state index is 13.2. The molecule has 0 fully saturated rings. The van der Waals surface area contributed by atoms with Crippen LogP contribution < -0.4 is 20.1 Å². The number of fused-ring (bicyclic) bond motifs is 2. The number of benzene rings is 5. The smallest absolute Gasteiger partial charge is 0.457 e. The van der Waals surface area contributed by atoms with Gasteiger partial charge in [0.2, 0.25) is 11.8 Å². The molecule has 5 aromatic carbocycles. The third kappa shape index (κ3) is 11.2. The first-order valence-electron chi connectivity index (χ1n) is 20.4. The molecule has 2 aliphatic rings. The highest BCUT2D eigenvalue weighted by molar-refractivity contribution is 6.05. The van der Waals surface area contributed by atoms with Crippen molar-refractivity contribution < 1.29 is 41.8 Å². The molecule has 13 heteroatoms. The molecule has 0 aliphatic carbocycles. The van der Waals surface area contributed by atoms with Crippen molar-refractivity contribution in [3.05, 3.63) is 161 Å². The second-order valence-corrected chi connectivity index (χ2v) is 17.1. The van der Waals surface area contributed by atoms with Gasteiger partial charge in [-0.15, -0.1) is 13.2 Å². The number of nitrogens with zero attached hydrogens (tertiary/aromatic N) is 2. The summed E-state index contributed by atoms with van der Waals surface area (Å²) in [7, 11) is 0. The van der Waals surface area contributed by atoms with Crippen LogP contribution in [0.4, 0.5) is 13.2 Å². The van der Waals surface area contributed by atoms with Gasteiger partial charge in [-0.2, -0.15) is 0 Å². The lowest BCUT2D eigenvalue weighted by atomic mass is 10.0. The van der Waals surface area contributed by atoms with E-state index in [-0.39, 0.29) is 47.9 Å². The minimum atomic E-state index is -4.81. The van der Waals surface area contributed by atoms with Gasteiger partial charge in [-0.3, -0.25) is 19.2 Å². The fourth-order valence-corrected chi connectivity index (χ4v) is 7.48. The zero-order valence-electron chi connectivity index (χ0n) is 35.6. The number of hydrogen-bond acceptors (Lipinski definition) is 6. The Morgan fingerprint density at radius 1 is 0.548 bits per heavy atom. The van der Waals surface area contributed by atoms with Crippen LogP contribution in [0.25, 0.3) is 0 Å². The van der Waals surface area contributed by atoms with E-state index >= 15 is 0 Å². The molecular formula is C49H51F3N4O6. The fourth-order valence-electron chi connectivity index (χ4n) is 7.48. The van der Waals surface area contributed by atoms with Gasteiger partial charge in [0, 0.05) is 35.3 Å². The SMILES string of the molecule is CC(C)(C)NC(=O)C1c2ccccc2C(=O)N1CCc1ccccc1OC(F)(F)F.CC(C)(C)NC(=O)C1c2ccccc2C(=O)N1CCc1ccccc1Oc1ccccc1. The number of hydrogen-bond donors (Lipinski definition) is 2. The minimum Gasteiger partial charge on any atom is -0.457 e. The Morgan fingerprint density at radius 2 is 0.935 bits per heavy atom. The Morgan fingerprint density at radius 3 is 1.39 bits per heavy atom. The van der Waals surface area contributed by atoms with E-state index in [4.69, 9.17) is 4.74 Å². The van der Waals surface area contributed by atoms with Crippen molar-refractivity contribution in [3.63, 3.8) is 0 Å². The Hall–Kier alpha value is -6.63. The Bertz CT molecular complexity index is 2410. The highest BCUT2D eigenvalue weighted by Gasteiger charge is 2.43. The van der Waals surface area contributed by atoms with Crippen LogP contribution in [0.2, 0.25) is 0 Å². The third-order valence-corrected chi connectivity index (χ3v) is 10.00. The summed E-state index contributed by atoms with van der Waals surface area (Å²) in [6.45, 7) is 11.8. The lowest BCUT2D eigenvalue weighted by molar-refractivity contribution is -0.274. The number of para-hydroxylation sites is 3. The van der Waals surface area contributed by atoms with E-state index in [2.05, 4.69) is 15.4 Å². The highest BCUT2D eigenvalue weighted by atomic mass is 19.4. The van der Waals surface area contributed by atoms with Crippen LogP contribution in [-0.4, -0.2) is 64.0 Å².